The van der Waals surface area contributed by atoms with Crippen LogP contribution in [0.3, 0.4) is 0 Å². The molecule has 0 aliphatic carbocycles. The minimum atomic E-state index is -4.39. The highest BCUT2D eigenvalue weighted by atomic mass is 19.4. The molecule has 1 saturated heterocycles. The van der Waals surface area contributed by atoms with E-state index < -0.39 is 11.7 Å². The van der Waals surface area contributed by atoms with Gasteiger partial charge in [0, 0.05) is 49.8 Å². The number of carbonyl (C=O) groups excluding carboxylic acids is 1. The van der Waals surface area contributed by atoms with Crippen molar-refractivity contribution in [2.75, 3.05) is 31.1 Å². The van der Waals surface area contributed by atoms with Gasteiger partial charge >= 0.3 is 6.18 Å². The summed E-state index contributed by atoms with van der Waals surface area (Å²) in [6, 6.07) is 15.8. The zero-order valence-corrected chi connectivity index (χ0v) is 16.1. The van der Waals surface area contributed by atoms with Gasteiger partial charge in [0.15, 0.2) is 0 Å². The number of aromatic nitrogens is 1. The SMILES string of the molecule is O=C(c1ccccc1-c1ccc(C(F)(F)F)cc1)N1CCN(c2ccncc2)CC1. The second-order valence-electron chi connectivity index (χ2n) is 7.11. The first-order valence-electron chi connectivity index (χ1n) is 9.64. The minimum absolute atomic E-state index is 0.111. The van der Waals surface area contributed by atoms with Crippen LogP contribution in [-0.2, 0) is 6.18 Å². The maximum Gasteiger partial charge on any atom is 0.416 e. The van der Waals surface area contributed by atoms with Crippen LogP contribution in [0.25, 0.3) is 11.1 Å². The molecule has 0 N–H and O–H groups in total. The first kappa shape index (κ1) is 19.9. The van der Waals surface area contributed by atoms with Crippen LogP contribution in [0.15, 0.2) is 73.1 Å². The van der Waals surface area contributed by atoms with Crippen molar-refractivity contribution in [3.63, 3.8) is 0 Å². The van der Waals surface area contributed by atoms with Crippen LogP contribution in [0.1, 0.15) is 15.9 Å². The monoisotopic (exact) mass is 411 g/mol. The van der Waals surface area contributed by atoms with Gasteiger partial charge in [0.1, 0.15) is 0 Å². The van der Waals surface area contributed by atoms with Crippen molar-refractivity contribution in [2.45, 2.75) is 6.18 Å². The largest absolute Gasteiger partial charge is 0.416 e. The van der Waals surface area contributed by atoms with Crippen molar-refractivity contribution in [3.8, 4) is 11.1 Å². The molecule has 154 valence electrons. The Bertz CT molecular complexity index is 1010. The highest BCUT2D eigenvalue weighted by Gasteiger charge is 2.30. The van der Waals surface area contributed by atoms with Crippen LogP contribution in [-0.4, -0.2) is 42.0 Å². The summed E-state index contributed by atoms with van der Waals surface area (Å²) in [5, 5.41) is 0. The summed E-state index contributed by atoms with van der Waals surface area (Å²) in [4.78, 5) is 21.2. The predicted octanol–water partition coefficient (Wildman–Crippen LogP) is 4.73. The highest BCUT2D eigenvalue weighted by molar-refractivity contribution is 6.01. The first-order chi connectivity index (χ1) is 14.4. The molecule has 2 aromatic carbocycles. The Morgan fingerprint density at radius 2 is 1.47 bits per heavy atom. The number of nitrogens with zero attached hydrogens (tertiary/aromatic N) is 3. The van der Waals surface area contributed by atoms with Crippen molar-refractivity contribution >= 4 is 11.6 Å². The number of piperazine rings is 1. The first-order valence-corrected chi connectivity index (χ1v) is 9.64. The molecule has 0 saturated carbocycles. The Labute approximate surface area is 172 Å². The third-order valence-corrected chi connectivity index (χ3v) is 5.28. The topological polar surface area (TPSA) is 36.4 Å². The summed E-state index contributed by atoms with van der Waals surface area (Å²) in [5.41, 5.74) is 2.08. The summed E-state index contributed by atoms with van der Waals surface area (Å²) in [6.07, 6.45) is -0.900. The minimum Gasteiger partial charge on any atom is -0.368 e. The summed E-state index contributed by atoms with van der Waals surface area (Å²) in [7, 11) is 0. The van der Waals surface area contributed by atoms with Crippen LogP contribution in [0.2, 0.25) is 0 Å². The van der Waals surface area contributed by atoms with E-state index in [1.807, 2.05) is 12.1 Å². The Hall–Kier alpha value is -3.35. The fraction of sp³-hybridized carbons (Fsp3) is 0.217. The summed E-state index contributed by atoms with van der Waals surface area (Å²) < 4.78 is 38.6. The van der Waals surface area contributed by atoms with Crippen LogP contribution < -0.4 is 4.90 Å². The normalized spacial score (nSPS) is 14.6. The number of amides is 1. The van der Waals surface area contributed by atoms with Crippen molar-refractivity contribution in [2.24, 2.45) is 0 Å². The number of rotatable bonds is 3. The van der Waals surface area contributed by atoms with E-state index in [1.165, 1.54) is 12.1 Å². The molecule has 2 heterocycles. The third kappa shape index (κ3) is 4.15. The standard InChI is InChI=1S/C23H20F3N3O/c24-23(25,26)18-7-5-17(6-8-18)20-3-1-2-4-21(20)22(30)29-15-13-28(14-16-29)19-9-11-27-12-10-19/h1-12H,13-16H2. The van der Waals surface area contributed by atoms with Crippen LogP contribution in [0.5, 0.6) is 0 Å². The quantitative estimate of drug-likeness (QED) is 0.625. The Kier molecular flexibility index (Phi) is 5.44. The van der Waals surface area contributed by atoms with E-state index >= 15 is 0 Å². The van der Waals surface area contributed by atoms with E-state index in [9.17, 15) is 18.0 Å². The van der Waals surface area contributed by atoms with Gasteiger partial charge in [0.2, 0.25) is 0 Å². The van der Waals surface area contributed by atoms with E-state index in [1.54, 1.807) is 41.6 Å². The van der Waals surface area contributed by atoms with Gasteiger partial charge in [-0.3, -0.25) is 9.78 Å². The van der Waals surface area contributed by atoms with Crippen LogP contribution in [0.4, 0.5) is 18.9 Å². The lowest BCUT2D eigenvalue weighted by Crippen LogP contribution is -2.48. The Morgan fingerprint density at radius 1 is 0.833 bits per heavy atom. The van der Waals surface area contributed by atoms with E-state index in [0.29, 0.717) is 42.9 Å². The van der Waals surface area contributed by atoms with Gasteiger partial charge in [0.05, 0.1) is 5.56 Å². The van der Waals surface area contributed by atoms with Crippen molar-refractivity contribution < 1.29 is 18.0 Å². The maximum atomic E-state index is 13.2. The predicted molar refractivity (Wildman–Crippen MR) is 109 cm³/mol. The molecule has 1 aliphatic heterocycles. The molecule has 7 heteroatoms. The molecular weight excluding hydrogens is 391 g/mol. The summed E-state index contributed by atoms with van der Waals surface area (Å²) in [5.74, 6) is -0.111. The lowest BCUT2D eigenvalue weighted by Gasteiger charge is -2.36. The van der Waals surface area contributed by atoms with Gasteiger partial charge in [0.25, 0.3) is 5.91 Å². The summed E-state index contributed by atoms with van der Waals surface area (Å²) in [6.45, 7) is 2.56. The van der Waals surface area contributed by atoms with E-state index in [-0.39, 0.29) is 5.91 Å². The number of carbonyl (C=O) groups is 1. The molecule has 0 bridgehead atoms. The molecule has 1 fully saturated rings. The third-order valence-electron chi connectivity index (χ3n) is 5.28. The number of hydrogen-bond donors (Lipinski definition) is 0. The lowest BCUT2D eigenvalue weighted by molar-refractivity contribution is -0.137. The van der Waals surface area contributed by atoms with Gasteiger partial charge in [-0.2, -0.15) is 13.2 Å². The van der Waals surface area contributed by atoms with Gasteiger partial charge in [-0.1, -0.05) is 30.3 Å². The average Bonchev–Trinajstić information content (AvgIpc) is 2.79. The zero-order chi connectivity index (χ0) is 21.1. The Morgan fingerprint density at radius 3 is 2.10 bits per heavy atom. The smallest absolute Gasteiger partial charge is 0.368 e. The maximum absolute atomic E-state index is 13.2. The van der Waals surface area contributed by atoms with E-state index in [2.05, 4.69) is 9.88 Å². The average molecular weight is 411 g/mol. The number of halogens is 3. The van der Waals surface area contributed by atoms with Crippen LogP contribution in [0, 0.1) is 0 Å². The molecule has 3 aromatic rings. The van der Waals surface area contributed by atoms with Gasteiger partial charge in [-0.05, 0) is 41.5 Å². The molecular formula is C23H20F3N3O. The Balaban J connectivity index is 1.52. The van der Waals surface area contributed by atoms with Gasteiger partial charge < -0.3 is 9.80 Å². The van der Waals surface area contributed by atoms with Gasteiger partial charge in [-0.15, -0.1) is 0 Å². The number of pyridine rings is 1. The molecule has 1 aliphatic rings. The molecule has 0 atom stereocenters. The molecule has 0 unspecified atom stereocenters. The number of anilines is 1. The summed E-state index contributed by atoms with van der Waals surface area (Å²) >= 11 is 0. The van der Waals surface area contributed by atoms with Crippen LogP contribution >= 0.6 is 0 Å². The molecule has 30 heavy (non-hydrogen) atoms. The van der Waals surface area contributed by atoms with Crippen molar-refractivity contribution in [1.29, 1.82) is 0 Å². The fourth-order valence-corrected chi connectivity index (χ4v) is 3.65. The molecule has 4 rings (SSSR count). The molecule has 4 nitrogen and oxygen atoms in total. The molecule has 0 spiro atoms. The number of hydrogen-bond acceptors (Lipinski definition) is 3. The molecule has 1 amide bonds. The van der Waals surface area contributed by atoms with Gasteiger partial charge in [-0.25, -0.2) is 0 Å². The second-order valence-corrected chi connectivity index (χ2v) is 7.11. The van der Waals surface area contributed by atoms with Crippen molar-refractivity contribution in [1.82, 2.24) is 9.88 Å². The fourth-order valence-electron chi connectivity index (χ4n) is 3.65. The van der Waals surface area contributed by atoms with E-state index in [4.69, 9.17) is 0 Å². The second kappa shape index (κ2) is 8.18. The number of alkyl halides is 3. The lowest BCUT2D eigenvalue weighted by atomic mass is 9.97. The van der Waals surface area contributed by atoms with E-state index in [0.717, 1.165) is 17.8 Å². The zero-order valence-electron chi connectivity index (χ0n) is 16.1. The highest BCUT2D eigenvalue weighted by Crippen LogP contribution is 2.32. The van der Waals surface area contributed by atoms with Crippen molar-refractivity contribution in [3.05, 3.63) is 84.2 Å². The molecule has 0 radical (unpaired) electrons. The molecule has 1 aromatic heterocycles. The number of benzene rings is 2.